The van der Waals surface area contributed by atoms with Crippen molar-refractivity contribution in [1.82, 2.24) is 9.21 Å². The number of sulfonamides is 1. The van der Waals surface area contributed by atoms with Gasteiger partial charge in [-0.05, 0) is 60.7 Å². The van der Waals surface area contributed by atoms with E-state index in [1.807, 2.05) is 17.0 Å². The number of hydrogen-bond donors (Lipinski definition) is 1. The molecule has 0 atom stereocenters. The molecular formula is C21H27Cl2N3O3S. The third kappa shape index (κ3) is 4.75. The molecule has 0 unspecified atom stereocenters. The molecular weight excluding hydrogens is 445 g/mol. The van der Waals surface area contributed by atoms with Crippen molar-refractivity contribution >= 4 is 50.7 Å². The number of carbonyl (C=O) groups excluding carboxylic acids is 1. The third-order valence-corrected chi connectivity index (χ3v) is 8.21. The molecule has 30 heavy (non-hydrogen) atoms. The van der Waals surface area contributed by atoms with E-state index in [2.05, 4.69) is 0 Å². The van der Waals surface area contributed by atoms with Crippen LogP contribution in [0.15, 0.2) is 41.3 Å². The van der Waals surface area contributed by atoms with Gasteiger partial charge in [0.1, 0.15) is 0 Å². The van der Waals surface area contributed by atoms with Crippen LogP contribution >= 0.6 is 24.0 Å². The quantitative estimate of drug-likeness (QED) is 0.744. The first-order valence-electron chi connectivity index (χ1n) is 10.1. The summed E-state index contributed by atoms with van der Waals surface area (Å²) in [6, 6.07) is 10.7. The molecule has 2 N–H and O–H groups in total. The largest absolute Gasteiger partial charge is 0.340 e. The molecule has 0 bridgehead atoms. The van der Waals surface area contributed by atoms with Gasteiger partial charge in [-0.15, -0.1) is 12.4 Å². The van der Waals surface area contributed by atoms with Crippen molar-refractivity contribution < 1.29 is 13.2 Å². The number of nitrogens with two attached hydrogens (primary N) is 1. The van der Waals surface area contributed by atoms with Gasteiger partial charge in [0, 0.05) is 43.2 Å². The van der Waals surface area contributed by atoms with E-state index in [0.717, 1.165) is 36.5 Å². The van der Waals surface area contributed by atoms with Crippen LogP contribution in [0.2, 0.25) is 5.02 Å². The molecule has 9 heteroatoms. The molecule has 0 aromatic heterocycles. The van der Waals surface area contributed by atoms with Crippen molar-refractivity contribution in [1.29, 1.82) is 0 Å². The zero-order valence-corrected chi connectivity index (χ0v) is 19.1. The number of piperazine rings is 1. The van der Waals surface area contributed by atoms with E-state index >= 15 is 0 Å². The van der Waals surface area contributed by atoms with Crippen LogP contribution in [0.4, 0.5) is 0 Å². The van der Waals surface area contributed by atoms with Gasteiger partial charge in [0.15, 0.2) is 0 Å². The highest BCUT2D eigenvalue weighted by Gasteiger charge is 2.33. The molecule has 1 aliphatic carbocycles. The Labute approximate surface area is 188 Å². The summed E-state index contributed by atoms with van der Waals surface area (Å²) in [6.45, 7) is 1.51. The van der Waals surface area contributed by atoms with Crippen LogP contribution in [-0.2, 0) is 14.8 Å². The molecule has 1 saturated carbocycles. The molecule has 1 heterocycles. The van der Waals surface area contributed by atoms with Crippen LogP contribution in [0, 0.1) is 5.92 Å². The second-order valence-electron chi connectivity index (χ2n) is 7.99. The van der Waals surface area contributed by atoms with Crippen molar-refractivity contribution in [3.05, 3.63) is 41.4 Å². The van der Waals surface area contributed by atoms with Crippen LogP contribution in [0.5, 0.6) is 0 Å². The zero-order chi connectivity index (χ0) is 20.6. The molecule has 2 aliphatic rings. The van der Waals surface area contributed by atoms with Gasteiger partial charge in [0.2, 0.25) is 15.9 Å². The van der Waals surface area contributed by atoms with Crippen molar-refractivity contribution in [2.75, 3.05) is 26.2 Å². The average molecular weight is 472 g/mol. The lowest BCUT2D eigenvalue weighted by atomic mass is 9.85. The standard InChI is InChI=1S/C21H26ClN3O3S.ClH/c22-18-5-1-17-14-20(8-4-16(17)13-18)29(27,28)25-11-9-24(10-12-25)21(26)15-2-6-19(23)7-3-15;/h1,4-5,8,13-15,19H,2-3,6-7,9-12,23H2;1H/t15-,19-;. The molecule has 6 nitrogen and oxygen atoms in total. The number of amides is 1. The van der Waals surface area contributed by atoms with Gasteiger partial charge < -0.3 is 10.6 Å². The normalized spacial score (nSPS) is 23.2. The SMILES string of the molecule is Cl.N[C@H]1CC[C@H](C(=O)N2CCN(S(=O)(=O)c3ccc4cc(Cl)ccc4c3)CC2)CC1. The van der Waals surface area contributed by atoms with Crippen LogP contribution < -0.4 is 5.73 Å². The van der Waals surface area contributed by atoms with Gasteiger partial charge >= 0.3 is 0 Å². The van der Waals surface area contributed by atoms with Gasteiger partial charge in [0.05, 0.1) is 4.90 Å². The molecule has 2 aromatic carbocycles. The number of halogens is 2. The van der Waals surface area contributed by atoms with E-state index in [1.54, 1.807) is 24.3 Å². The fraction of sp³-hybridized carbons (Fsp3) is 0.476. The van der Waals surface area contributed by atoms with E-state index < -0.39 is 10.0 Å². The summed E-state index contributed by atoms with van der Waals surface area (Å²) in [6.07, 6.45) is 3.44. The third-order valence-electron chi connectivity index (χ3n) is 6.08. The topological polar surface area (TPSA) is 83.7 Å². The fourth-order valence-electron chi connectivity index (χ4n) is 4.28. The molecule has 1 saturated heterocycles. The summed E-state index contributed by atoms with van der Waals surface area (Å²) in [5.74, 6) is 0.182. The Kier molecular flexibility index (Phi) is 7.30. The average Bonchev–Trinajstić information content (AvgIpc) is 2.73. The molecule has 0 radical (unpaired) electrons. The Balaban J connectivity index is 0.00000256. The molecule has 1 aliphatic heterocycles. The number of nitrogens with zero attached hydrogens (tertiary/aromatic N) is 2. The van der Waals surface area contributed by atoms with Crippen molar-refractivity contribution in [3.63, 3.8) is 0 Å². The first-order valence-corrected chi connectivity index (χ1v) is 11.9. The van der Waals surface area contributed by atoms with E-state index in [9.17, 15) is 13.2 Å². The van der Waals surface area contributed by atoms with Gasteiger partial charge in [-0.1, -0.05) is 23.7 Å². The smallest absolute Gasteiger partial charge is 0.243 e. The van der Waals surface area contributed by atoms with Crippen LogP contribution in [-0.4, -0.2) is 55.8 Å². The van der Waals surface area contributed by atoms with Crippen molar-refractivity contribution in [2.45, 2.75) is 36.6 Å². The fourth-order valence-corrected chi connectivity index (χ4v) is 5.92. The number of fused-ring (bicyclic) bond motifs is 1. The molecule has 2 fully saturated rings. The van der Waals surface area contributed by atoms with E-state index in [-0.39, 0.29) is 35.2 Å². The van der Waals surface area contributed by atoms with Gasteiger partial charge in [0.25, 0.3) is 0 Å². The van der Waals surface area contributed by atoms with Crippen LogP contribution in [0.25, 0.3) is 10.8 Å². The minimum Gasteiger partial charge on any atom is -0.340 e. The lowest BCUT2D eigenvalue weighted by Gasteiger charge is -2.37. The Morgan fingerprint density at radius 2 is 1.53 bits per heavy atom. The summed E-state index contributed by atoms with van der Waals surface area (Å²) in [5.41, 5.74) is 5.93. The summed E-state index contributed by atoms with van der Waals surface area (Å²) < 4.78 is 27.7. The van der Waals surface area contributed by atoms with Crippen LogP contribution in [0.1, 0.15) is 25.7 Å². The molecule has 164 valence electrons. The highest BCUT2D eigenvalue weighted by atomic mass is 35.5. The molecule has 2 aromatic rings. The zero-order valence-electron chi connectivity index (χ0n) is 16.7. The highest BCUT2D eigenvalue weighted by molar-refractivity contribution is 7.89. The molecule has 1 amide bonds. The number of benzene rings is 2. The van der Waals surface area contributed by atoms with Crippen molar-refractivity contribution in [2.24, 2.45) is 11.7 Å². The Morgan fingerprint density at radius 3 is 2.20 bits per heavy atom. The predicted octanol–water partition coefficient (Wildman–Crippen LogP) is 3.27. The van der Waals surface area contributed by atoms with E-state index in [4.69, 9.17) is 17.3 Å². The van der Waals surface area contributed by atoms with Gasteiger partial charge in [-0.25, -0.2) is 8.42 Å². The minimum atomic E-state index is -3.60. The number of carbonyl (C=O) groups is 1. The Bertz CT molecular complexity index is 1020. The lowest BCUT2D eigenvalue weighted by Crippen LogP contribution is -2.52. The first-order chi connectivity index (χ1) is 13.8. The summed E-state index contributed by atoms with van der Waals surface area (Å²) in [5, 5.41) is 2.35. The second-order valence-corrected chi connectivity index (χ2v) is 10.4. The number of rotatable bonds is 3. The van der Waals surface area contributed by atoms with Gasteiger partial charge in [-0.2, -0.15) is 4.31 Å². The van der Waals surface area contributed by atoms with Gasteiger partial charge in [-0.3, -0.25) is 4.79 Å². The highest BCUT2D eigenvalue weighted by Crippen LogP contribution is 2.27. The number of hydrogen-bond acceptors (Lipinski definition) is 4. The second kappa shape index (κ2) is 9.40. The predicted molar refractivity (Wildman–Crippen MR) is 121 cm³/mol. The molecule has 4 rings (SSSR count). The Hall–Kier alpha value is -1.38. The molecule has 0 spiro atoms. The maximum Gasteiger partial charge on any atom is 0.243 e. The first kappa shape index (κ1) is 23.3. The summed E-state index contributed by atoms with van der Waals surface area (Å²) >= 11 is 6.01. The Morgan fingerprint density at radius 1 is 0.933 bits per heavy atom. The maximum atomic E-state index is 13.1. The van der Waals surface area contributed by atoms with Crippen LogP contribution in [0.3, 0.4) is 0 Å². The minimum absolute atomic E-state index is 0. The van der Waals surface area contributed by atoms with E-state index in [1.165, 1.54) is 4.31 Å². The van der Waals surface area contributed by atoms with Crippen molar-refractivity contribution in [3.8, 4) is 0 Å². The summed E-state index contributed by atoms with van der Waals surface area (Å²) in [7, 11) is -3.60. The lowest BCUT2D eigenvalue weighted by molar-refractivity contribution is -0.137. The van der Waals surface area contributed by atoms with E-state index in [0.29, 0.717) is 31.2 Å². The maximum absolute atomic E-state index is 13.1. The summed E-state index contributed by atoms with van der Waals surface area (Å²) in [4.78, 5) is 14.9. The monoisotopic (exact) mass is 471 g/mol.